The van der Waals surface area contributed by atoms with Crippen molar-refractivity contribution in [2.24, 2.45) is 0 Å². The molecule has 0 bridgehead atoms. The highest BCUT2D eigenvalue weighted by Crippen LogP contribution is 2.29. The van der Waals surface area contributed by atoms with Crippen molar-refractivity contribution in [3.63, 3.8) is 0 Å². The molecule has 0 fully saturated rings. The van der Waals surface area contributed by atoms with Crippen molar-refractivity contribution in [1.82, 2.24) is 0 Å². The first-order valence-electron chi connectivity index (χ1n) is 5.22. The number of carbonyl (C=O) groups is 1. The van der Waals surface area contributed by atoms with Gasteiger partial charge in [-0.1, -0.05) is 24.3 Å². The number of hydrogen-bond acceptors (Lipinski definition) is 3. The zero-order valence-corrected chi connectivity index (χ0v) is 9.43. The SMILES string of the molecule is COCC(=O)Nc1cccc2c(O)cccc12. The highest BCUT2D eigenvalue weighted by atomic mass is 16.5. The van der Waals surface area contributed by atoms with E-state index in [-0.39, 0.29) is 18.3 Å². The molecule has 1 amide bonds. The maximum Gasteiger partial charge on any atom is 0.250 e. The lowest BCUT2D eigenvalue weighted by Crippen LogP contribution is -2.17. The highest BCUT2D eigenvalue weighted by molar-refractivity contribution is 6.04. The van der Waals surface area contributed by atoms with Crippen LogP contribution in [-0.4, -0.2) is 24.7 Å². The average Bonchev–Trinajstić information content (AvgIpc) is 2.31. The van der Waals surface area contributed by atoms with Crippen LogP contribution in [0.4, 0.5) is 5.69 Å². The molecule has 0 aliphatic rings. The van der Waals surface area contributed by atoms with Crippen molar-refractivity contribution >= 4 is 22.4 Å². The largest absolute Gasteiger partial charge is 0.507 e. The zero-order valence-electron chi connectivity index (χ0n) is 9.43. The van der Waals surface area contributed by atoms with Crippen LogP contribution in [0.3, 0.4) is 0 Å². The molecule has 4 heteroatoms. The maximum absolute atomic E-state index is 11.4. The predicted molar refractivity (Wildman–Crippen MR) is 66.1 cm³/mol. The fraction of sp³-hybridized carbons (Fsp3) is 0.154. The van der Waals surface area contributed by atoms with Gasteiger partial charge in [-0.2, -0.15) is 0 Å². The van der Waals surface area contributed by atoms with Gasteiger partial charge in [0.1, 0.15) is 12.4 Å². The number of carbonyl (C=O) groups excluding carboxylic acids is 1. The van der Waals surface area contributed by atoms with Gasteiger partial charge in [0.05, 0.1) is 0 Å². The van der Waals surface area contributed by atoms with Crippen molar-refractivity contribution in [2.45, 2.75) is 0 Å². The molecule has 2 N–H and O–H groups in total. The number of methoxy groups -OCH3 is 1. The molecule has 2 aromatic rings. The van der Waals surface area contributed by atoms with Crippen molar-refractivity contribution in [3.05, 3.63) is 36.4 Å². The minimum Gasteiger partial charge on any atom is -0.507 e. The van der Waals surface area contributed by atoms with Crippen molar-refractivity contribution < 1.29 is 14.6 Å². The number of anilines is 1. The van der Waals surface area contributed by atoms with E-state index in [4.69, 9.17) is 4.74 Å². The molecule has 0 unspecified atom stereocenters. The van der Waals surface area contributed by atoms with E-state index < -0.39 is 0 Å². The lowest BCUT2D eigenvalue weighted by Gasteiger charge is -2.09. The van der Waals surface area contributed by atoms with Gasteiger partial charge in [-0.15, -0.1) is 0 Å². The van der Waals surface area contributed by atoms with Gasteiger partial charge in [0.25, 0.3) is 0 Å². The Balaban J connectivity index is 2.41. The molecule has 2 aromatic carbocycles. The van der Waals surface area contributed by atoms with E-state index in [2.05, 4.69) is 5.32 Å². The number of amides is 1. The maximum atomic E-state index is 11.4. The molecule has 0 aromatic heterocycles. The number of phenolic OH excluding ortho intramolecular Hbond substituents is 1. The second kappa shape index (κ2) is 4.84. The molecular formula is C13H13NO3. The minimum atomic E-state index is -0.219. The summed E-state index contributed by atoms with van der Waals surface area (Å²) in [5, 5.41) is 13.9. The first kappa shape index (κ1) is 11.4. The van der Waals surface area contributed by atoms with E-state index in [1.165, 1.54) is 7.11 Å². The number of benzene rings is 2. The number of rotatable bonds is 3. The van der Waals surface area contributed by atoms with Crippen LogP contribution in [0.25, 0.3) is 10.8 Å². The van der Waals surface area contributed by atoms with Gasteiger partial charge in [-0.05, 0) is 12.1 Å². The molecule has 0 aliphatic heterocycles. The summed E-state index contributed by atoms with van der Waals surface area (Å²) in [4.78, 5) is 11.4. The minimum absolute atomic E-state index is 0.00913. The van der Waals surface area contributed by atoms with Gasteiger partial charge in [-0.3, -0.25) is 4.79 Å². The van der Waals surface area contributed by atoms with Crippen molar-refractivity contribution in [1.29, 1.82) is 0 Å². The number of fused-ring (bicyclic) bond motifs is 1. The molecule has 0 heterocycles. The fourth-order valence-electron chi connectivity index (χ4n) is 1.72. The van der Waals surface area contributed by atoms with E-state index in [1.54, 1.807) is 30.3 Å². The number of hydrogen-bond donors (Lipinski definition) is 2. The van der Waals surface area contributed by atoms with Gasteiger partial charge in [0, 0.05) is 23.6 Å². The van der Waals surface area contributed by atoms with E-state index >= 15 is 0 Å². The summed E-state index contributed by atoms with van der Waals surface area (Å²) in [5.74, 6) is -0.0197. The zero-order chi connectivity index (χ0) is 12.3. The highest BCUT2D eigenvalue weighted by Gasteiger charge is 2.06. The summed E-state index contributed by atoms with van der Waals surface area (Å²) in [7, 11) is 1.47. The Kier molecular flexibility index (Phi) is 3.25. The lowest BCUT2D eigenvalue weighted by molar-refractivity contribution is -0.119. The topological polar surface area (TPSA) is 58.6 Å². The molecular weight excluding hydrogens is 218 g/mol. The molecule has 0 saturated carbocycles. The number of phenols is 1. The monoisotopic (exact) mass is 231 g/mol. The van der Waals surface area contributed by atoms with Crippen LogP contribution in [0, 0.1) is 0 Å². The fourth-order valence-corrected chi connectivity index (χ4v) is 1.72. The normalized spacial score (nSPS) is 10.4. The van der Waals surface area contributed by atoms with Crippen molar-refractivity contribution in [2.75, 3.05) is 19.0 Å². The summed E-state index contributed by atoms with van der Waals surface area (Å²) >= 11 is 0. The van der Waals surface area contributed by atoms with Gasteiger partial charge >= 0.3 is 0 Å². The Morgan fingerprint density at radius 3 is 2.71 bits per heavy atom. The standard InChI is InChI=1S/C13H13NO3/c1-17-8-13(16)14-11-6-2-5-10-9(11)4-3-7-12(10)15/h2-7,15H,8H2,1H3,(H,14,16). The molecule has 0 saturated heterocycles. The summed E-state index contributed by atoms with van der Waals surface area (Å²) in [6.07, 6.45) is 0. The van der Waals surface area contributed by atoms with Gasteiger partial charge in [0.2, 0.25) is 5.91 Å². The Morgan fingerprint density at radius 2 is 1.94 bits per heavy atom. The van der Waals surface area contributed by atoms with Gasteiger partial charge in [0.15, 0.2) is 0 Å². The number of ether oxygens (including phenoxy) is 1. The Bertz CT molecular complexity index is 551. The molecule has 0 spiro atoms. The number of nitrogens with one attached hydrogen (secondary N) is 1. The van der Waals surface area contributed by atoms with E-state index in [0.29, 0.717) is 11.1 Å². The van der Waals surface area contributed by atoms with E-state index in [9.17, 15) is 9.90 Å². The Labute approximate surface area is 98.8 Å². The van der Waals surface area contributed by atoms with Crippen LogP contribution in [0.15, 0.2) is 36.4 Å². The number of aromatic hydroxyl groups is 1. The first-order chi connectivity index (χ1) is 8.22. The van der Waals surface area contributed by atoms with Gasteiger partial charge in [-0.25, -0.2) is 0 Å². The average molecular weight is 231 g/mol. The predicted octanol–water partition coefficient (Wildman–Crippen LogP) is 2.13. The molecule has 2 rings (SSSR count). The van der Waals surface area contributed by atoms with E-state index in [0.717, 1.165) is 5.39 Å². The third-order valence-corrected chi connectivity index (χ3v) is 2.45. The second-order valence-electron chi connectivity index (χ2n) is 3.66. The summed E-state index contributed by atoms with van der Waals surface area (Å²) in [5.41, 5.74) is 0.667. The van der Waals surface area contributed by atoms with Crippen LogP contribution >= 0.6 is 0 Å². The smallest absolute Gasteiger partial charge is 0.250 e. The summed E-state index contributed by atoms with van der Waals surface area (Å²) in [6.45, 7) is 0.00913. The van der Waals surface area contributed by atoms with Gasteiger partial charge < -0.3 is 15.2 Å². The Hall–Kier alpha value is -2.07. The molecule has 4 nitrogen and oxygen atoms in total. The quantitative estimate of drug-likeness (QED) is 0.850. The molecule has 88 valence electrons. The van der Waals surface area contributed by atoms with Crippen LogP contribution < -0.4 is 5.32 Å². The van der Waals surface area contributed by atoms with Crippen LogP contribution in [0.2, 0.25) is 0 Å². The van der Waals surface area contributed by atoms with Crippen LogP contribution in [0.5, 0.6) is 5.75 Å². The molecule has 17 heavy (non-hydrogen) atoms. The molecule has 0 atom stereocenters. The third kappa shape index (κ3) is 2.37. The summed E-state index contributed by atoms with van der Waals surface area (Å²) in [6, 6.07) is 10.6. The van der Waals surface area contributed by atoms with E-state index in [1.807, 2.05) is 6.07 Å². The third-order valence-electron chi connectivity index (χ3n) is 2.45. The lowest BCUT2D eigenvalue weighted by atomic mass is 10.1. The second-order valence-corrected chi connectivity index (χ2v) is 3.66. The summed E-state index contributed by atoms with van der Waals surface area (Å²) < 4.78 is 4.75. The first-order valence-corrected chi connectivity index (χ1v) is 5.22. The van der Waals surface area contributed by atoms with Crippen LogP contribution in [-0.2, 0) is 9.53 Å². The Morgan fingerprint density at radius 1 is 1.24 bits per heavy atom. The molecule has 0 radical (unpaired) electrons. The molecule has 0 aliphatic carbocycles. The van der Waals surface area contributed by atoms with Crippen LogP contribution in [0.1, 0.15) is 0 Å². The van der Waals surface area contributed by atoms with Crippen molar-refractivity contribution in [3.8, 4) is 5.75 Å².